The van der Waals surface area contributed by atoms with Crippen LogP contribution < -0.4 is 5.32 Å². The lowest BCUT2D eigenvalue weighted by Gasteiger charge is -2.22. The molecule has 0 radical (unpaired) electrons. The fourth-order valence-corrected chi connectivity index (χ4v) is 2.47. The molecule has 0 fully saturated rings. The van der Waals surface area contributed by atoms with Crippen molar-refractivity contribution in [3.8, 4) is 11.6 Å². The molecule has 6 nitrogen and oxygen atoms in total. The zero-order valence-corrected chi connectivity index (χ0v) is 14.4. The molecular formula is C15H16BrN5O. The van der Waals surface area contributed by atoms with Crippen LogP contribution in [0.15, 0.2) is 27.1 Å². The van der Waals surface area contributed by atoms with Gasteiger partial charge in [0.15, 0.2) is 11.5 Å². The van der Waals surface area contributed by atoms with E-state index in [2.05, 4.69) is 57.2 Å². The Morgan fingerprint density at radius 3 is 2.55 bits per heavy atom. The number of benzene rings is 1. The molecule has 1 N–H and O–H groups in total. The van der Waals surface area contributed by atoms with Crippen LogP contribution in [0, 0.1) is 6.92 Å². The normalized spacial score (nSPS) is 11.9. The van der Waals surface area contributed by atoms with Crippen LogP contribution in [-0.4, -0.2) is 25.7 Å². The van der Waals surface area contributed by atoms with Gasteiger partial charge in [-0.15, -0.1) is 10.2 Å². The van der Waals surface area contributed by atoms with Gasteiger partial charge in [0.2, 0.25) is 5.89 Å². The van der Waals surface area contributed by atoms with Crippen LogP contribution in [-0.2, 0) is 0 Å². The van der Waals surface area contributed by atoms with E-state index in [1.54, 1.807) is 6.92 Å². The smallest absolute Gasteiger partial charge is 0.270 e. The van der Waals surface area contributed by atoms with E-state index in [1.807, 2.05) is 18.2 Å². The molecule has 0 spiro atoms. The molecule has 0 aliphatic heterocycles. The minimum absolute atomic E-state index is 0.173. The summed E-state index contributed by atoms with van der Waals surface area (Å²) in [4.78, 5) is 9.35. The van der Waals surface area contributed by atoms with Crippen molar-refractivity contribution in [2.24, 2.45) is 0 Å². The first-order valence-electron chi connectivity index (χ1n) is 6.88. The van der Waals surface area contributed by atoms with Crippen molar-refractivity contribution in [2.45, 2.75) is 33.2 Å². The van der Waals surface area contributed by atoms with Crippen LogP contribution >= 0.6 is 15.9 Å². The standard InChI is InChI=1S/C15H16BrN5O/c1-8-20-21-14(22-8)12-13(19-15(2,3)4)18-11-9(16)6-5-7-10(11)17-12/h5-7H,1-4H3,(H,18,19). The molecule has 2 heterocycles. The topological polar surface area (TPSA) is 76.7 Å². The summed E-state index contributed by atoms with van der Waals surface area (Å²) in [5, 5.41) is 11.3. The summed E-state index contributed by atoms with van der Waals surface area (Å²) >= 11 is 3.51. The number of para-hydroxylation sites is 1. The third kappa shape index (κ3) is 2.94. The Kier molecular flexibility index (Phi) is 3.60. The Bertz CT molecular complexity index is 838. The van der Waals surface area contributed by atoms with E-state index in [-0.39, 0.29) is 5.54 Å². The molecule has 0 bridgehead atoms. The number of fused-ring (bicyclic) bond motifs is 1. The van der Waals surface area contributed by atoms with Gasteiger partial charge in [-0.05, 0) is 48.8 Å². The Labute approximate surface area is 136 Å². The Morgan fingerprint density at radius 2 is 1.91 bits per heavy atom. The summed E-state index contributed by atoms with van der Waals surface area (Å²) in [6.45, 7) is 7.92. The zero-order valence-electron chi connectivity index (χ0n) is 12.8. The summed E-state index contributed by atoms with van der Waals surface area (Å²) < 4.78 is 6.42. The van der Waals surface area contributed by atoms with E-state index in [4.69, 9.17) is 9.40 Å². The lowest BCUT2D eigenvalue weighted by atomic mass is 10.1. The lowest BCUT2D eigenvalue weighted by Crippen LogP contribution is -2.27. The third-order valence-electron chi connectivity index (χ3n) is 2.87. The predicted octanol–water partition coefficient (Wildman–Crippen LogP) is 3.96. The summed E-state index contributed by atoms with van der Waals surface area (Å²) in [5.74, 6) is 1.47. The first-order chi connectivity index (χ1) is 10.3. The monoisotopic (exact) mass is 361 g/mol. The Balaban J connectivity index is 2.25. The minimum Gasteiger partial charge on any atom is -0.420 e. The molecule has 0 aliphatic rings. The van der Waals surface area contributed by atoms with Crippen LogP contribution in [0.1, 0.15) is 26.7 Å². The highest BCUT2D eigenvalue weighted by Crippen LogP contribution is 2.30. The van der Waals surface area contributed by atoms with Crippen molar-refractivity contribution in [1.82, 2.24) is 20.2 Å². The SMILES string of the molecule is Cc1nnc(-c2nc3cccc(Br)c3nc2NC(C)(C)C)o1. The average Bonchev–Trinajstić information content (AvgIpc) is 2.84. The van der Waals surface area contributed by atoms with Crippen LogP contribution in [0.5, 0.6) is 0 Å². The second-order valence-corrected chi connectivity index (χ2v) is 6.88. The number of aryl methyl sites for hydroxylation is 1. The summed E-state index contributed by atoms with van der Waals surface area (Å²) in [6, 6.07) is 5.76. The van der Waals surface area contributed by atoms with Gasteiger partial charge < -0.3 is 9.73 Å². The molecule has 0 amide bonds. The van der Waals surface area contributed by atoms with Crippen molar-refractivity contribution in [1.29, 1.82) is 0 Å². The van der Waals surface area contributed by atoms with Crippen LogP contribution in [0.4, 0.5) is 5.82 Å². The number of halogens is 1. The van der Waals surface area contributed by atoms with Gasteiger partial charge in [-0.2, -0.15) is 0 Å². The van der Waals surface area contributed by atoms with Gasteiger partial charge in [-0.1, -0.05) is 6.07 Å². The maximum atomic E-state index is 5.53. The van der Waals surface area contributed by atoms with E-state index in [9.17, 15) is 0 Å². The maximum Gasteiger partial charge on any atom is 0.270 e. The summed E-state index contributed by atoms with van der Waals surface area (Å²) in [7, 11) is 0. The summed E-state index contributed by atoms with van der Waals surface area (Å²) in [6.07, 6.45) is 0. The second-order valence-electron chi connectivity index (χ2n) is 6.03. The molecule has 3 aromatic rings. The summed E-state index contributed by atoms with van der Waals surface area (Å²) in [5.41, 5.74) is 1.93. The zero-order chi connectivity index (χ0) is 15.9. The van der Waals surface area contributed by atoms with E-state index in [0.29, 0.717) is 23.3 Å². The van der Waals surface area contributed by atoms with E-state index in [0.717, 1.165) is 15.5 Å². The van der Waals surface area contributed by atoms with Gasteiger partial charge in [0.05, 0.1) is 5.52 Å². The van der Waals surface area contributed by atoms with Crippen molar-refractivity contribution in [3.05, 3.63) is 28.6 Å². The van der Waals surface area contributed by atoms with Gasteiger partial charge in [0.1, 0.15) is 5.52 Å². The van der Waals surface area contributed by atoms with E-state index < -0.39 is 0 Å². The third-order valence-corrected chi connectivity index (χ3v) is 3.51. The molecule has 0 atom stereocenters. The van der Waals surface area contributed by atoms with Crippen molar-refractivity contribution >= 4 is 32.8 Å². The molecule has 0 saturated heterocycles. The van der Waals surface area contributed by atoms with Crippen LogP contribution in [0.2, 0.25) is 0 Å². The number of anilines is 1. The molecule has 22 heavy (non-hydrogen) atoms. The predicted molar refractivity (Wildman–Crippen MR) is 88.6 cm³/mol. The largest absolute Gasteiger partial charge is 0.420 e. The number of hydrogen-bond acceptors (Lipinski definition) is 6. The van der Waals surface area contributed by atoms with Crippen LogP contribution in [0.3, 0.4) is 0 Å². The van der Waals surface area contributed by atoms with Gasteiger partial charge in [0.25, 0.3) is 5.89 Å². The Morgan fingerprint density at radius 1 is 1.14 bits per heavy atom. The number of hydrogen-bond donors (Lipinski definition) is 1. The highest BCUT2D eigenvalue weighted by atomic mass is 79.9. The molecule has 1 aromatic carbocycles. The van der Waals surface area contributed by atoms with Gasteiger partial charge in [-0.25, -0.2) is 9.97 Å². The first-order valence-corrected chi connectivity index (χ1v) is 7.68. The first kappa shape index (κ1) is 14.9. The molecule has 114 valence electrons. The van der Waals surface area contributed by atoms with Crippen LogP contribution in [0.25, 0.3) is 22.6 Å². The van der Waals surface area contributed by atoms with Crippen molar-refractivity contribution < 1.29 is 4.42 Å². The average molecular weight is 362 g/mol. The number of nitrogens with zero attached hydrogens (tertiary/aromatic N) is 4. The maximum absolute atomic E-state index is 5.53. The highest BCUT2D eigenvalue weighted by molar-refractivity contribution is 9.10. The fraction of sp³-hybridized carbons (Fsp3) is 0.333. The molecule has 0 saturated carbocycles. The second kappa shape index (κ2) is 5.31. The number of aromatic nitrogens is 4. The molecule has 3 rings (SSSR count). The van der Waals surface area contributed by atoms with Crippen molar-refractivity contribution in [2.75, 3.05) is 5.32 Å². The van der Waals surface area contributed by atoms with Crippen molar-refractivity contribution in [3.63, 3.8) is 0 Å². The number of nitrogens with one attached hydrogen (secondary N) is 1. The van der Waals surface area contributed by atoms with E-state index >= 15 is 0 Å². The molecule has 0 unspecified atom stereocenters. The molecular weight excluding hydrogens is 346 g/mol. The van der Waals surface area contributed by atoms with E-state index in [1.165, 1.54) is 0 Å². The lowest BCUT2D eigenvalue weighted by molar-refractivity contribution is 0.530. The quantitative estimate of drug-likeness (QED) is 0.744. The van der Waals surface area contributed by atoms with Gasteiger partial charge >= 0.3 is 0 Å². The molecule has 0 aliphatic carbocycles. The minimum atomic E-state index is -0.173. The number of rotatable bonds is 2. The van der Waals surface area contributed by atoms with Gasteiger partial charge in [-0.3, -0.25) is 0 Å². The fourth-order valence-electron chi connectivity index (χ4n) is 2.03. The highest BCUT2D eigenvalue weighted by Gasteiger charge is 2.21. The molecule has 2 aromatic heterocycles. The Hall–Kier alpha value is -2.02. The molecule has 7 heteroatoms. The van der Waals surface area contributed by atoms with Gasteiger partial charge in [0, 0.05) is 16.9 Å².